The molecular weight excluding hydrogens is 458 g/mol. The largest absolute Gasteiger partial charge is 0.383 e. The summed E-state index contributed by atoms with van der Waals surface area (Å²) >= 11 is 1.04. The Bertz CT molecular complexity index is 1230. The van der Waals surface area contributed by atoms with Gasteiger partial charge in [0.25, 0.3) is 11.5 Å². The van der Waals surface area contributed by atoms with Crippen molar-refractivity contribution in [1.82, 2.24) is 19.8 Å². The van der Waals surface area contributed by atoms with Crippen LogP contribution < -0.4 is 30.7 Å². The molecule has 0 aromatic carbocycles. The van der Waals surface area contributed by atoms with E-state index in [-0.39, 0.29) is 23.6 Å². The van der Waals surface area contributed by atoms with E-state index in [4.69, 9.17) is 4.74 Å². The Morgan fingerprint density at radius 3 is 2.71 bits per heavy atom. The number of nitriles is 1. The highest BCUT2D eigenvalue weighted by Gasteiger charge is 2.14. The van der Waals surface area contributed by atoms with E-state index in [0.717, 1.165) is 11.3 Å². The molecule has 12 heteroatoms. The maximum atomic E-state index is 12.8. The molecule has 0 fully saturated rings. The zero-order chi connectivity index (χ0) is 25.1. The first kappa shape index (κ1) is 26.7. The van der Waals surface area contributed by atoms with Gasteiger partial charge in [0.05, 0.1) is 13.2 Å². The highest BCUT2D eigenvalue weighted by molar-refractivity contribution is 7.07. The summed E-state index contributed by atoms with van der Waals surface area (Å²) in [5.74, 6) is 0.0330. The number of nitrogens with zero attached hydrogens (tertiary/aromatic N) is 4. The second kappa shape index (κ2) is 13.2. The van der Waals surface area contributed by atoms with Gasteiger partial charge in [0, 0.05) is 32.9 Å². The van der Waals surface area contributed by atoms with Crippen LogP contribution in [0.15, 0.2) is 23.0 Å². The second-order valence-corrected chi connectivity index (χ2v) is 8.17. The fraction of sp³-hybridized carbons (Fsp3) is 0.409. The van der Waals surface area contributed by atoms with Gasteiger partial charge >= 0.3 is 0 Å². The van der Waals surface area contributed by atoms with Crippen molar-refractivity contribution < 1.29 is 14.3 Å². The van der Waals surface area contributed by atoms with Gasteiger partial charge in [0.15, 0.2) is 5.57 Å². The van der Waals surface area contributed by atoms with Gasteiger partial charge < -0.3 is 20.7 Å². The van der Waals surface area contributed by atoms with E-state index in [1.54, 1.807) is 39.2 Å². The highest BCUT2D eigenvalue weighted by Crippen LogP contribution is 2.09. The van der Waals surface area contributed by atoms with Crippen LogP contribution in [0.2, 0.25) is 0 Å². The van der Waals surface area contributed by atoms with E-state index in [1.807, 2.05) is 18.0 Å². The van der Waals surface area contributed by atoms with Gasteiger partial charge in [0.2, 0.25) is 5.91 Å². The van der Waals surface area contributed by atoms with E-state index in [2.05, 4.69) is 20.9 Å². The summed E-state index contributed by atoms with van der Waals surface area (Å²) in [7, 11) is 3.42. The van der Waals surface area contributed by atoms with E-state index in [0.29, 0.717) is 47.1 Å². The number of carbonyl (C=O) groups excluding carboxylic acids is 2. The standard InChI is InChI=1S/C22H29N7O4S/c1-5-24-20(31)15(12-23)22-29(6-2)21(32)16(34-22)13-25-17-8-7-9-18(26-17)27-19(30)14-28(3)10-11-33-4/h7-9,13H,5-6,10-11,14H2,1-4H3,(H,24,31)(H2,25,26,27,30)/b16-13+,22-15-. The smallest absolute Gasteiger partial charge is 0.270 e. The Morgan fingerprint density at radius 1 is 1.32 bits per heavy atom. The molecule has 0 saturated carbocycles. The molecule has 0 spiro atoms. The molecule has 34 heavy (non-hydrogen) atoms. The molecule has 0 radical (unpaired) electrons. The maximum Gasteiger partial charge on any atom is 0.270 e. The molecule has 3 N–H and O–H groups in total. The second-order valence-electron chi connectivity index (χ2n) is 7.14. The Hall–Kier alpha value is -3.53. The molecule has 0 bridgehead atoms. The fourth-order valence-electron chi connectivity index (χ4n) is 2.92. The van der Waals surface area contributed by atoms with Crippen LogP contribution in [-0.4, -0.2) is 66.7 Å². The quantitative estimate of drug-likeness (QED) is 0.385. The lowest BCUT2D eigenvalue weighted by atomic mass is 10.3. The molecule has 2 aromatic heterocycles. The van der Waals surface area contributed by atoms with Crippen LogP contribution >= 0.6 is 11.3 Å². The molecule has 2 rings (SSSR count). The summed E-state index contributed by atoms with van der Waals surface area (Å²) in [6, 6.07) is 6.96. The summed E-state index contributed by atoms with van der Waals surface area (Å²) in [5, 5.41) is 17.7. The maximum absolute atomic E-state index is 12.8. The molecule has 0 saturated heterocycles. The third-order valence-corrected chi connectivity index (χ3v) is 5.70. The molecule has 2 amide bonds. The number of rotatable bonds is 11. The van der Waals surface area contributed by atoms with Crippen molar-refractivity contribution in [3.05, 3.63) is 37.7 Å². The first-order valence-electron chi connectivity index (χ1n) is 10.7. The summed E-state index contributed by atoms with van der Waals surface area (Å²) in [5.41, 5.74) is -0.431. The number of anilines is 2. The first-order valence-corrected chi connectivity index (χ1v) is 11.5. The van der Waals surface area contributed by atoms with Gasteiger partial charge in [-0.1, -0.05) is 6.07 Å². The normalized spacial score (nSPS) is 12.3. The summed E-state index contributed by atoms with van der Waals surface area (Å²) in [6.45, 7) is 5.53. The van der Waals surface area contributed by atoms with Crippen molar-refractivity contribution >= 4 is 46.6 Å². The SMILES string of the molecule is CCNC(=O)/C(C#N)=c1\s/c(=C/Nc2cccc(NC(=O)CN(C)CCOC)n2)c(=O)n1CC. The molecule has 2 aromatic rings. The van der Waals surface area contributed by atoms with Crippen LogP contribution in [0.25, 0.3) is 11.8 Å². The number of methoxy groups -OCH3 is 1. The van der Waals surface area contributed by atoms with Gasteiger partial charge in [-0.25, -0.2) is 4.98 Å². The van der Waals surface area contributed by atoms with Crippen LogP contribution in [0.5, 0.6) is 0 Å². The predicted octanol–water partition coefficient (Wildman–Crippen LogP) is -0.498. The van der Waals surface area contributed by atoms with Gasteiger partial charge in [-0.05, 0) is 33.0 Å². The predicted molar refractivity (Wildman–Crippen MR) is 132 cm³/mol. The minimum atomic E-state index is -0.522. The Balaban J connectivity index is 2.26. The van der Waals surface area contributed by atoms with E-state index in [1.165, 1.54) is 10.8 Å². The molecule has 0 aliphatic heterocycles. The fourth-order valence-corrected chi connectivity index (χ4v) is 4.00. The zero-order valence-corrected chi connectivity index (χ0v) is 20.5. The lowest BCUT2D eigenvalue weighted by Crippen LogP contribution is -2.34. The number of carbonyl (C=O) groups is 2. The summed E-state index contributed by atoms with van der Waals surface area (Å²) in [6.07, 6.45) is 1.47. The van der Waals surface area contributed by atoms with Crippen molar-refractivity contribution in [2.75, 3.05) is 51.0 Å². The minimum Gasteiger partial charge on any atom is -0.383 e. The Kier molecular flexibility index (Phi) is 10.4. The lowest BCUT2D eigenvalue weighted by Gasteiger charge is -2.15. The number of hydrogen-bond acceptors (Lipinski definition) is 9. The van der Waals surface area contributed by atoms with Gasteiger partial charge in [-0.3, -0.25) is 23.9 Å². The number of hydrogen-bond donors (Lipinski definition) is 3. The van der Waals surface area contributed by atoms with Crippen molar-refractivity contribution in [2.45, 2.75) is 20.4 Å². The Morgan fingerprint density at radius 2 is 2.06 bits per heavy atom. The number of aromatic nitrogens is 2. The average molecular weight is 488 g/mol. The van der Waals surface area contributed by atoms with Crippen LogP contribution in [-0.2, 0) is 20.9 Å². The lowest BCUT2D eigenvalue weighted by molar-refractivity contribution is -0.117. The van der Waals surface area contributed by atoms with Crippen molar-refractivity contribution in [1.29, 1.82) is 5.26 Å². The molecule has 0 unspecified atom stereocenters. The van der Waals surface area contributed by atoms with Crippen molar-refractivity contribution in [2.24, 2.45) is 0 Å². The highest BCUT2D eigenvalue weighted by atomic mass is 32.1. The number of nitrogens with one attached hydrogen (secondary N) is 3. The van der Waals surface area contributed by atoms with Gasteiger partial charge in [0.1, 0.15) is 26.9 Å². The molecule has 0 aliphatic carbocycles. The minimum absolute atomic E-state index is 0.108. The van der Waals surface area contributed by atoms with Crippen LogP contribution in [0.3, 0.4) is 0 Å². The number of ether oxygens (including phenoxy) is 1. The summed E-state index contributed by atoms with van der Waals surface area (Å²) < 4.78 is 6.99. The number of amides is 2. The third-order valence-electron chi connectivity index (χ3n) is 4.57. The Labute approximate surface area is 201 Å². The van der Waals surface area contributed by atoms with E-state index >= 15 is 0 Å². The first-order chi connectivity index (χ1) is 16.3. The third kappa shape index (κ3) is 7.24. The van der Waals surface area contributed by atoms with Crippen LogP contribution in [0, 0.1) is 11.3 Å². The van der Waals surface area contributed by atoms with Crippen molar-refractivity contribution in [3.8, 4) is 6.07 Å². The average Bonchev–Trinajstić information content (AvgIpc) is 3.12. The van der Waals surface area contributed by atoms with Gasteiger partial charge in [-0.15, -0.1) is 11.3 Å². The van der Waals surface area contributed by atoms with E-state index in [9.17, 15) is 19.6 Å². The molecule has 11 nitrogen and oxygen atoms in total. The molecule has 182 valence electrons. The van der Waals surface area contributed by atoms with Crippen LogP contribution in [0.1, 0.15) is 13.8 Å². The van der Waals surface area contributed by atoms with Gasteiger partial charge in [-0.2, -0.15) is 5.26 Å². The topological polar surface area (TPSA) is 141 Å². The molecule has 2 heterocycles. The number of likely N-dealkylation sites (N-methyl/N-ethyl adjacent to an activating group) is 1. The van der Waals surface area contributed by atoms with Crippen LogP contribution in [0.4, 0.5) is 11.6 Å². The molecule has 0 atom stereocenters. The number of thiazole rings is 1. The van der Waals surface area contributed by atoms with E-state index < -0.39 is 5.91 Å². The monoisotopic (exact) mass is 487 g/mol. The van der Waals surface area contributed by atoms with Crippen molar-refractivity contribution in [3.63, 3.8) is 0 Å². The summed E-state index contributed by atoms with van der Waals surface area (Å²) in [4.78, 5) is 43.4. The molecular formula is C22H29N7O4S. The molecule has 0 aliphatic rings. The zero-order valence-electron chi connectivity index (χ0n) is 19.7. The number of pyridine rings is 1.